The van der Waals surface area contributed by atoms with Crippen molar-refractivity contribution in [3.63, 3.8) is 0 Å². The zero-order valence-corrected chi connectivity index (χ0v) is 10.4. The highest BCUT2D eigenvalue weighted by Gasteiger charge is 2.78. The average Bonchev–Trinajstić information content (AvgIpc) is 2.69. The molecule has 1 unspecified atom stereocenters. The summed E-state index contributed by atoms with van der Waals surface area (Å²) in [6, 6.07) is 0. The maximum absolute atomic E-state index is 12.1. The van der Waals surface area contributed by atoms with Gasteiger partial charge in [0.2, 0.25) is 0 Å². The van der Waals surface area contributed by atoms with E-state index in [4.69, 9.17) is 9.47 Å². The Balaban J connectivity index is 2.20. The minimum absolute atomic E-state index is 0.258. The summed E-state index contributed by atoms with van der Waals surface area (Å²) in [5, 5.41) is 3.21. The summed E-state index contributed by atoms with van der Waals surface area (Å²) < 4.78 is 10.1. The van der Waals surface area contributed by atoms with Crippen LogP contribution in [0.1, 0.15) is 26.7 Å². The van der Waals surface area contributed by atoms with Gasteiger partial charge >= 0.3 is 11.9 Å². The number of carbonyl (C=O) groups excluding carboxylic acids is 2. The summed E-state index contributed by atoms with van der Waals surface area (Å²) in [4.78, 5) is 24.1. The van der Waals surface area contributed by atoms with Crippen molar-refractivity contribution in [2.75, 3.05) is 26.3 Å². The Labute approximate surface area is 101 Å². The molecule has 0 aromatic rings. The van der Waals surface area contributed by atoms with E-state index in [1.165, 1.54) is 0 Å². The van der Waals surface area contributed by atoms with Crippen molar-refractivity contribution in [1.82, 2.24) is 5.32 Å². The fourth-order valence-electron chi connectivity index (χ4n) is 2.89. The molecule has 2 aliphatic rings. The Kier molecular flexibility index (Phi) is 3.12. The highest BCUT2D eigenvalue weighted by Crippen LogP contribution is 2.68. The van der Waals surface area contributed by atoms with Gasteiger partial charge in [0.15, 0.2) is 5.41 Å². The third-order valence-electron chi connectivity index (χ3n) is 3.88. The normalized spacial score (nSPS) is 29.1. The van der Waals surface area contributed by atoms with E-state index in [1.807, 2.05) is 0 Å². The molecule has 96 valence electrons. The number of ether oxygens (including phenoxy) is 2. The standard InChI is InChI=1S/C12H19NO4/c1-3-16-9(14)12(10(15)17-4-2)7-11(12)5-6-13-8-11/h13H,3-8H2,1-2H3. The predicted molar refractivity (Wildman–Crippen MR) is 60.2 cm³/mol. The summed E-state index contributed by atoms with van der Waals surface area (Å²) in [7, 11) is 0. The van der Waals surface area contributed by atoms with E-state index in [2.05, 4.69) is 5.32 Å². The van der Waals surface area contributed by atoms with Gasteiger partial charge in [-0.05, 0) is 33.2 Å². The molecule has 1 saturated heterocycles. The second-order valence-corrected chi connectivity index (χ2v) is 4.73. The molecule has 0 amide bonds. The SMILES string of the molecule is CCOC(=O)C1(C(=O)OCC)CC12CCNC2. The zero-order valence-electron chi connectivity index (χ0n) is 10.4. The molecular formula is C12H19NO4. The van der Waals surface area contributed by atoms with Crippen LogP contribution in [0.25, 0.3) is 0 Å². The van der Waals surface area contributed by atoms with Crippen molar-refractivity contribution < 1.29 is 19.1 Å². The van der Waals surface area contributed by atoms with Gasteiger partial charge in [0.1, 0.15) is 0 Å². The lowest BCUT2D eigenvalue weighted by atomic mass is 9.91. The van der Waals surface area contributed by atoms with Crippen LogP contribution in [0.4, 0.5) is 0 Å². The third-order valence-corrected chi connectivity index (χ3v) is 3.88. The summed E-state index contributed by atoms with van der Waals surface area (Å²) in [5.41, 5.74) is -1.30. The molecule has 5 heteroatoms. The minimum atomic E-state index is -1.04. The molecular weight excluding hydrogens is 222 g/mol. The Morgan fingerprint density at radius 3 is 2.18 bits per heavy atom. The second-order valence-electron chi connectivity index (χ2n) is 4.73. The molecule has 1 heterocycles. The van der Waals surface area contributed by atoms with Crippen LogP contribution in [0.5, 0.6) is 0 Å². The number of rotatable bonds is 4. The lowest BCUT2D eigenvalue weighted by molar-refractivity contribution is -0.166. The zero-order chi connectivity index (χ0) is 12.5. The van der Waals surface area contributed by atoms with Gasteiger partial charge in [-0.3, -0.25) is 9.59 Å². The molecule has 1 aliphatic carbocycles. The van der Waals surface area contributed by atoms with Crippen LogP contribution in [0, 0.1) is 10.8 Å². The largest absolute Gasteiger partial charge is 0.465 e. The van der Waals surface area contributed by atoms with Crippen LogP contribution < -0.4 is 5.32 Å². The van der Waals surface area contributed by atoms with E-state index in [0.717, 1.165) is 13.0 Å². The van der Waals surface area contributed by atoms with E-state index in [1.54, 1.807) is 13.8 Å². The van der Waals surface area contributed by atoms with Crippen LogP contribution in [0.2, 0.25) is 0 Å². The van der Waals surface area contributed by atoms with Gasteiger partial charge in [0.05, 0.1) is 13.2 Å². The molecule has 1 atom stereocenters. The molecule has 5 nitrogen and oxygen atoms in total. The van der Waals surface area contributed by atoms with Gasteiger partial charge in [-0.1, -0.05) is 0 Å². The van der Waals surface area contributed by atoms with E-state index in [-0.39, 0.29) is 5.41 Å². The molecule has 1 saturated carbocycles. The predicted octanol–water partition coefficient (Wildman–Crippen LogP) is 0.482. The first kappa shape index (κ1) is 12.4. The molecule has 17 heavy (non-hydrogen) atoms. The maximum atomic E-state index is 12.1. The van der Waals surface area contributed by atoms with Gasteiger partial charge in [0, 0.05) is 12.0 Å². The number of esters is 2. The summed E-state index contributed by atoms with van der Waals surface area (Å²) in [6.45, 7) is 5.63. The molecule has 1 N–H and O–H groups in total. The van der Waals surface area contributed by atoms with Crippen molar-refractivity contribution in [1.29, 1.82) is 0 Å². The van der Waals surface area contributed by atoms with E-state index < -0.39 is 17.4 Å². The Morgan fingerprint density at radius 2 is 1.76 bits per heavy atom. The van der Waals surface area contributed by atoms with Crippen LogP contribution in [-0.2, 0) is 19.1 Å². The van der Waals surface area contributed by atoms with Crippen LogP contribution in [0.3, 0.4) is 0 Å². The summed E-state index contributed by atoms with van der Waals surface area (Å²) in [5.74, 6) is -0.829. The fourth-order valence-corrected chi connectivity index (χ4v) is 2.89. The van der Waals surface area contributed by atoms with Crippen LogP contribution >= 0.6 is 0 Å². The minimum Gasteiger partial charge on any atom is -0.465 e. The average molecular weight is 241 g/mol. The second kappa shape index (κ2) is 4.29. The lowest BCUT2D eigenvalue weighted by Crippen LogP contribution is -2.36. The van der Waals surface area contributed by atoms with Gasteiger partial charge in [-0.25, -0.2) is 0 Å². The molecule has 0 radical (unpaired) electrons. The lowest BCUT2D eigenvalue weighted by Gasteiger charge is -2.18. The monoisotopic (exact) mass is 241 g/mol. The number of carbonyl (C=O) groups is 2. The summed E-state index contributed by atoms with van der Waals surface area (Å²) >= 11 is 0. The Hall–Kier alpha value is -1.10. The Bertz CT molecular complexity index is 315. The first-order valence-corrected chi connectivity index (χ1v) is 6.18. The molecule has 1 spiro atoms. The van der Waals surface area contributed by atoms with Gasteiger partial charge < -0.3 is 14.8 Å². The van der Waals surface area contributed by atoms with Gasteiger partial charge in [0.25, 0.3) is 0 Å². The van der Waals surface area contributed by atoms with E-state index >= 15 is 0 Å². The summed E-state index contributed by atoms with van der Waals surface area (Å²) in [6.07, 6.45) is 1.40. The Morgan fingerprint density at radius 1 is 1.18 bits per heavy atom. The molecule has 1 aliphatic heterocycles. The van der Waals surface area contributed by atoms with Crippen molar-refractivity contribution >= 4 is 11.9 Å². The van der Waals surface area contributed by atoms with Crippen molar-refractivity contribution in [3.05, 3.63) is 0 Å². The van der Waals surface area contributed by atoms with Crippen molar-refractivity contribution in [2.45, 2.75) is 26.7 Å². The maximum Gasteiger partial charge on any atom is 0.324 e. The highest BCUT2D eigenvalue weighted by atomic mass is 16.6. The smallest absolute Gasteiger partial charge is 0.324 e. The molecule has 0 aromatic heterocycles. The van der Waals surface area contributed by atoms with E-state index in [0.29, 0.717) is 26.2 Å². The van der Waals surface area contributed by atoms with Crippen LogP contribution in [-0.4, -0.2) is 38.2 Å². The molecule has 2 rings (SSSR count). The van der Waals surface area contributed by atoms with Crippen LogP contribution in [0.15, 0.2) is 0 Å². The fraction of sp³-hybridized carbons (Fsp3) is 0.833. The van der Waals surface area contributed by atoms with Gasteiger partial charge in [-0.15, -0.1) is 0 Å². The number of hydrogen-bond acceptors (Lipinski definition) is 5. The van der Waals surface area contributed by atoms with Crippen molar-refractivity contribution in [3.8, 4) is 0 Å². The van der Waals surface area contributed by atoms with Crippen molar-refractivity contribution in [2.24, 2.45) is 10.8 Å². The molecule has 0 aromatic carbocycles. The number of hydrogen-bond donors (Lipinski definition) is 1. The first-order valence-electron chi connectivity index (χ1n) is 6.18. The molecule has 0 bridgehead atoms. The highest BCUT2D eigenvalue weighted by molar-refractivity contribution is 6.05. The third kappa shape index (κ3) is 1.64. The first-order chi connectivity index (χ1) is 8.13. The quantitative estimate of drug-likeness (QED) is 0.573. The molecule has 2 fully saturated rings. The van der Waals surface area contributed by atoms with E-state index in [9.17, 15) is 9.59 Å². The van der Waals surface area contributed by atoms with Gasteiger partial charge in [-0.2, -0.15) is 0 Å². The topological polar surface area (TPSA) is 64.6 Å². The number of nitrogens with one attached hydrogen (secondary N) is 1.